The van der Waals surface area contributed by atoms with E-state index in [0.717, 1.165) is 25.6 Å². The summed E-state index contributed by atoms with van der Waals surface area (Å²) in [5, 5.41) is 13.7. The van der Waals surface area contributed by atoms with E-state index in [-0.39, 0.29) is 6.10 Å². The Labute approximate surface area is 112 Å². The molecular weight excluding hydrogens is 224 g/mol. The van der Waals surface area contributed by atoms with Gasteiger partial charge in [0, 0.05) is 31.2 Å². The van der Waals surface area contributed by atoms with Crippen LogP contribution in [0.15, 0.2) is 0 Å². The molecule has 0 spiro atoms. The number of hydrogen-bond donors (Lipinski definition) is 2. The number of aliphatic hydroxyl groups is 1. The number of likely N-dealkylation sites (tertiary alicyclic amines) is 1. The van der Waals surface area contributed by atoms with Crippen LogP contribution in [0.5, 0.6) is 0 Å². The Balaban J connectivity index is 1.91. The normalized spacial score (nSPS) is 33.2. The largest absolute Gasteiger partial charge is 0.393 e. The van der Waals surface area contributed by atoms with Crippen LogP contribution >= 0.6 is 0 Å². The zero-order valence-corrected chi connectivity index (χ0v) is 12.2. The highest BCUT2D eigenvalue weighted by molar-refractivity contribution is 4.89. The van der Waals surface area contributed by atoms with Gasteiger partial charge in [-0.1, -0.05) is 12.8 Å². The van der Waals surface area contributed by atoms with Crippen molar-refractivity contribution in [1.29, 1.82) is 0 Å². The first-order valence-electron chi connectivity index (χ1n) is 7.74. The Morgan fingerprint density at radius 2 is 1.72 bits per heavy atom. The van der Waals surface area contributed by atoms with Gasteiger partial charge in [0.05, 0.1) is 6.10 Å². The second-order valence-electron chi connectivity index (χ2n) is 6.63. The summed E-state index contributed by atoms with van der Waals surface area (Å²) in [6.45, 7) is 8.67. The van der Waals surface area contributed by atoms with Crippen LogP contribution in [0.1, 0.15) is 52.9 Å². The van der Waals surface area contributed by atoms with Gasteiger partial charge in [-0.25, -0.2) is 0 Å². The first kappa shape index (κ1) is 14.3. The summed E-state index contributed by atoms with van der Waals surface area (Å²) in [6, 6.07) is 1.89. The molecule has 0 aromatic heterocycles. The van der Waals surface area contributed by atoms with Gasteiger partial charge in [0.25, 0.3) is 0 Å². The van der Waals surface area contributed by atoms with Crippen LogP contribution in [0, 0.1) is 5.92 Å². The predicted octanol–water partition coefficient (Wildman–Crippen LogP) is 2.00. The smallest absolute Gasteiger partial charge is 0.0553 e. The van der Waals surface area contributed by atoms with Crippen molar-refractivity contribution in [2.24, 2.45) is 5.92 Å². The number of hydrogen-bond acceptors (Lipinski definition) is 3. The molecule has 1 aliphatic heterocycles. The Hall–Kier alpha value is -0.120. The fourth-order valence-electron chi connectivity index (χ4n) is 3.49. The first-order valence-corrected chi connectivity index (χ1v) is 7.74. The Morgan fingerprint density at radius 1 is 1.06 bits per heavy atom. The van der Waals surface area contributed by atoms with Gasteiger partial charge in [0.1, 0.15) is 0 Å². The Morgan fingerprint density at radius 3 is 2.28 bits per heavy atom. The van der Waals surface area contributed by atoms with Gasteiger partial charge in [0.2, 0.25) is 0 Å². The maximum atomic E-state index is 9.90. The molecule has 2 N–H and O–H groups in total. The SMILES string of the molecule is CC(O)C1CC(NC2CCCC2)CN(C(C)C)C1. The average molecular weight is 254 g/mol. The van der Waals surface area contributed by atoms with Gasteiger partial charge in [-0.3, -0.25) is 4.90 Å². The molecule has 0 bridgehead atoms. The molecule has 1 heterocycles. The topological polar surface area (TPSA) is 35.5 Å². The van der Waals surface area contributed by atoms with Crippen molar-refractivity contribution in [2.45, 2.75) is 77.1 Å². The monoisotopic (exact) mass is 254 g/mol. The van der Waals surface area contributed by atoms with E-state index < -0.39 is 0 Å². The van der Waals surface area contributed by atoms with E-state index in [1.165, 1.54) is 25.7 Å². The minimum absolute atomic E-state index is 0.181. The fourth-order valence-corrected chi connectivity index (χ4v) is 3.49. The number of piperidine rings is 1. The highest BCUT2D eigenvalue weighted by atomic mass is 16.3. The number of aliphatic hydroxyl groups excluding tert-OH is 1. The summed E-state index contributed by atoms with van der Waals surface area (Å²) in [5.41, 5.74) is 0. The third kappa shape index (κ3) is 3.69. The van der Waals surface area contributed by atoms with Crippen LogP contribution in [0.2, 0.25) is 0 Å². The molecule has 0 radical (unpaired) electrons. The Bertz CT molecular complexity index is 230. The van der Waals surface area contributed by atoms with Crippen molar-refractivity contribution in [3.63, 3.8) is 0 Å². The zero-order valence-electron chi connectivity index (χ0n) is 12.2. The van der Waals surface area contributed by atoms with E-state index in [9.17, 15) is 5.11 Å². The van der Waals surface area contributed by atoms with Crippen molar-refractivity contribution >= 4 is 0 Å². The molecule has 1 aliphatic carbocycles. The van der Waals surface area contributed by atoms with Crippen molar-refractivity contribution < 1.29 is 5.11 Å². The molecule has 18 heavy (non-hydrogen) atoms. The highest BCUT2D eigenvalue weighted by Crippen LogP contribution is 2.25. The fraction of sp³-hybridized carbons (Fsp3) is 1.00. The molecule has 2 rings (SSSR count). The molecule has 3 nitrogen and oxygen atoms in total. The summed E-state index contributed by atoms with van der Waals surface area (Å²) >= 11 is 0. The van der Waals surface area contributed by atoms with Crippen molar-refractivity contribution in [1.82, 2.24) is 10.2 Å². The van der Waals surface area contributed by atoms with Crippen LogP contribution in [-0.4, -0.2) is 47.3 Å². The zero-order chi connectivity index (χ0) is 13.1. The summed E-state index contributed by atoms with van der Waals surface area (Å²) in [6.07, 6.45) is 6.42. The third-order valence-corrected chi connectivity index (χ3v) is 4.75. The van der Waals surface area contributed by atoms with Gasteiger partial charge >= 0.3 is 0 Å². The molecule has 3 atom stereocenters. The second kappa shape index (κ2) is 6.36. The van der Waals surface area contributed by atoms with E-state index in [1.807, 2.05) is 6.92 Å². The Kier molecular flexibility index (Phi) is 5.05. The molecule has 3 unspecified atom stereocenters. The molecule has 1 saturated carbocycles. The second-order valence-corrected chi connectivity index (χ2v) is 6.63. The third-order valence-electron chi connectivity index (χ3n) is 4.75. The minimum atomic E-state index is -0.181. The average Bonchev–Trinajstić information content (AvgIpc) is 2.81. The van der Waals surface area contributed by atoms with Crippen LogP contribution in [0.4, 0.5) is 0 Å². The summed E-state index contributed by atoms with van der Waals surface area (Å²) in [7, 11) is 0. The van der Waals surface area contributed by atoms with Crippen molar-refractivity contribution in [3.05, 3.63) is 0 Å². The molecule has 106 valence electrons. The van der Waals surface area contributed by atoms with E-state index in [1.54, 1.807) is 0 Å². The summed E-state index contributed by atoms with van der Waals surface area (Å²) in [5.74, 6) is 0.431. The minimum Gasteiger partial charge on any atom is -0.393 e. The molecule has 1 saturated heterocycles. The highest BCUT2D eigenvalue weighted by Gasteiger charge is 2.32. The van der Waals surface area contributed by atoms with Crippen molar-refractivity contribution in [3.8, 4) is 0 Å². The van der Waals surface area contributed by atoms with E-state index in [4.69, 9.17) is 0 Å². The standard InChI is InChI=1S/C15H30N2O/c1-11(2)17-9-13(12(3)18)8-15(10-17)16-14-6-4-5-7-14/h11-16,18H,4-10H2,1-3H3. The lowest BCUT2D eigenvalue weighted by atomic mass is 9.89. The molecule has 2 fully saturated rings. The van der Waals surface area contributed by atoms with Crippen LogP contribution < -0.4 is 5.32 Å². The predicted molar refractivity (Wildman–Crippen MR) is 75.7 cm³/mol. The van der Waals surface area contributed by atoms with Crippen LogP contribution in [0.3, 0.4) is 0 Å². The molecule has 0 aromatic rings. The molecule has 0 aromatic carbocycles. The van der Waals surface area contributed by atoms with E-state index in [0.29, 0.717) is 18.0 Å². The lowest BCUT2D eigenvalue weighted by molar-refractivity contribution is 0.0334. The molecular formula is C15H30N2O. The quantitative estimate of drug-likeness (QED) is 0.805. The number of rotatable bonds is 4. The maximum absolute atomic E-state index is 9.90. The van der Waals surface area contributed by atoms with E-state index >= 15 is 0 Å². The van der Waals surface area contributed by atoms with Crippen LogP contribution in [0.25, 0.3) is 0 Å². The molecule has 3 heteroatoms. The van der Waals surface area contributed by atoms with Gasteiger partial charge in [-0.05, 0) is 46.0 Å². The van der Waals surface area contributed by atoms with Gasteiger partial charge in [-0.15, -0.1) is 0 Å². The number of nitrogens with zero attached hydrogens (tertiary/aromatic N) is 1. The van der Waals surface area contributed by atoms with Gasteiger partial charge in [-0.2, -0.15) is 0 Å². The molecule has 2 aliphatic rings. The number of nitrogens with one attached hydrogen (secondary N) is 1. The summed E-state index contributed by atoms with van der Waals surface area (Å²) in [4.78, 5) is 2.52. The summed E-state index contributed by atoms with van der Waals surface area (Å²) < 4.78 is 0. The van der Waals surface area contributed by atoms with Crippen molar-refractivity contribution in [2.75, 3.05) is 13.1 Å². The lowest BCUT2D eigenvalue weighted by Crippen LogP contribution is -2.54. The van der Waals surface area contributed by atoms with E-state index in [2.05, 4.69) is 24.1 Å². The lowest BCUT2D eigenvalue weighted by Gasteiger charge is -2.42. The van der Waals surface area contributed by atoms with Gasteiger partial charge < -0.3 is 10.4 Å². The maximum Gasteiger partial charge on any atom is 0.0553 e. The molecule has 0 amide bonds. The van der Waals surface area contributed by atoms with Gasteiger partial charge in [0.15, 0.2) is 0 Å². The van der Waals surface area contributed by atoms with Crippen LogP contribution in [-0.2, 0) is 0 Å². The first-order chi connectivity index (χ1) is 8.56.